The summed E-state index contributed by atoms with van der Waals surface area (Å²) in [7, 11) is 1.73. The zero-order chi connectivity index (χ0) is 15.7. The average Bonchev–Trinajstić information content (AvgIpc) is 2.59. The van der Waals surface area contributed by atoms with E-state index in [2.05, 4.69) is 29.7 Å². The smallest absolute Gasteiger partial charge is 0.185 e. The van der Waals surface area contributed by atoms with Crippen LogP contribution in [0.1, 0.15) is 44.6 Å². The third-order valence-electron chi connectivity index (χ3n) is 4.23. The first-order valence-electron chi connectivity index (χ1n) is 8.54. The lowest BCUT2D eigenvalue weighted by atomic mass is 9.98. The highest BCUT2D eigenvalue weighted by atomic mass is 16.6. The van der Waals surface area contributed by atoms with E-state index in [1.165, 1.54) is 25.7 Å². The first-order chi connectivity index (χ1) is 10.8. The fourth-order valence-electron chi connectivity index (χ4n) is 3.03. The van der Waals surface area contributed by atoms with Gasteiger partial charge < -0.3 is 9.47 Å². The van der Waals surface area contributed by atoms with Gasteiger partial charge in [-0.3, -0.25) is 10.6 Å². The molecular weight excluding hydrogens is 276 g/mol. The van der Waals surface area contributed by atoms with E-state index in [-0.39, 0.29) is 6.23 Å². The van der Waals surface area contributed by atoms with Crippen molar-refractivity contribution in [2.24, 2.45) is 0 Å². The van der Waals surface area contributed by atoms with Crippen molar-refractivity contribution in [3.63, 3.8) is 0 Å². The van der Waals surface area contributed by atoms with E-state index in [9.17, 15) is 0 Å². The molecule has 1 aromatic carbocycles. The summed E-state index contributed by atoms with van der Waals surface area (Å²) in [5, 5.41) is 6.95. The fraction of sp³-hybridized carbons (Fsp3) is 0.667. The van der Waals surface area contributed by atoms with E-state index >= 15 is 0 Å². The predicted molar refractivity (Wildman–Crippen MR) is 89.6 cm³/mol. The van der Waals surface area contributed by atoms with Crippen molar-refractivity contribution in [2.45, 2.75) is 51.0 Å². The van der Waals surface area contributed by atoms with Gasteiger partial charge in [0.25, 0.3) is 0 Å². The van der Waals surface area contributed by atoms with Crippen molar-refractivity contribution in [3.8, 4) is 0 Å². The van der Waals surface area contributed by atoms with Crippen molar-refractivity contribution in [2.75, 3.05) is 26.8 Å². The quantitative estimate of drug-likeness (QED) is 0.688. The molecule has 2 N–H and O–H groups in total. The molecule has 0 aliphatic carbocycles. The van der Waals surface area contributed by atoms with Crippen LogP contribution < -0.4 is 10.6 Å². The predicted octanol–water partition coefficient (Wildman–Crippen LogP) is 2.99. The van der Waals surface area contributed by atoms with Gasteiger partial charge >= 0.3 is 0 Å². The normalized spacial score (nSPS) is 25.3. The summed E-state index contributed by atoms with van der Waals surface area (Å²) >= 11 is 0. The van der Waals surface area contributed by atoms with E-state index in [4.69, 9.17) is 9.47 Å². The molecule has 0 aromatic heterocycles. The van der Waals surface area contributed by atoms with Crippen LogP contribution in [0.25, 0.3) is 0 Å². The average molecular weight is 306 g/mol. The van der Waals surface area contributed by atoms with Crippen LogP contribution in [-0.4, -0.2) is 33.0 Å². The van der Waals surface area contributed by atoms with Gasteiger partial charge in [0, 0.05) is 32.4 Å². The van der Waals surface area contributed by atoms with E-state index in [0.717, 1.165) is 31.7 Å². The standard InChI is InChI=1S/C18H30N2O2/c1-3-4-5-6-10-15-22-18(16-11-8-7-9-12-16)17(21-2)19-13-14-20-18/h7-9,11-12,17,19-20H,3-6,10,13-15H2,1-2H3. The molecule has 0 radical (unpaired) electrons. The number of nitrogens with one attached hydrogen (secondary N) is 2. The van der Waals surface area contributed by atoms with Crippen LogP contribution in [0.2, 0.25) is 0 Å². The van der Waals surface area contributed by atoms with E-state index in [1.54, 1.807) is 7.11 Å². The Morgan fingerprint density at radius 3 is 2.59 bits per heavy atom. The molecule has 1 saturated heterocycles. The topological polar surface area (TPSA) is 42.5 Å². The number of unbranched alkanes of at least 4 members (excludes halogenated alkanes) is 4. The lowest BCUT2D eigenvalue weighted by Crippen LogP contribution is -2.65. The van der Waals surface area contributed by atoms with Crippen LogP contribution in [0.15, 0.2) is 30.3 Å². The van der Waals surface area contributed by atoms with Crippen LogP contribution in [0, 0.1) is 0 Å². The minimum atomic E-state index is -0.598. The molecule has 1 fully saturated rings. The summed E-state index contributed by atoms with van der Waals surface area (Å²) in [4.78, 5) is 0. The van der Waals surface area contributed by atoms with Crippen molar-refractivity contribution < 1.29 is 9.47 Å². The first-order valence-corrected chi connectivity index (χ1v) is 8.54. The van der Waals surface area contributed by atoms with E-state index in [1.807, 2.05) is 18.2 Å². The number of rotatable bonds is 9. The van der Waals surface area contributed by atoms with Gasteiger partial charge in [-0.2, -0.15) is 0 Å². The second kappa shape index (κ2) is 9.26. The third kappa shape index (κ3) is 4.29. The summed E-state index contributed by atoms with van der Waals surface area (Å²) in [6.07, 6.45) is 6.00. The molecule has 2 rings (SSSR count). The molecule has 0 bridgehead atoms. The molecule has 0 amide bonds. The van der Waals surface area contributed by atoms with Gasteiger partial charge in [-0.1, -0.05) is 62.9 Å². The lowest BCUT2D eigenvalue weighted by Gasteiger charge is -2.44. The Hall–Kier alpha value is -0.940. The summed E-state index contributed by atoms with van der Waals surface area (Å²) in [5.74, 6) is 0. The highest BCUT2D eigenvalue weighted by molar-refractivity contribution is 5.24. The molecule has 1 aromatic rings. The fourth-order valence-corrected chi connectivity index (χ4v) is 3.03. The highest BCUT2D eigenvalue weighted by Crippen LogP contribution is 2.29. The Morgan fingerprint density at radius 2 is 1.86 bits per heavy atom. The summed E-state index contributed by atoms with van der Waals surface area (Å²) in [6, 6.07) is 10.3. The Balaban J connectivity index is 2.02. The Labute approximate surface area is 134 Å². The maximum atomic E-state index is 6.34. The largest absolute Gasteiger partial charge is 0.362 e. The van der Waals surface area contributed by atoms with Gasteiger partial charge in [0.15, 0.2) is 12.0 Å². The Kier molecular flexibility index (Phi) is 7.33. The summed E-state index contributed by atoms with van der Waals surface area (Å²) in [6.45, 7) is 4.73. The van der Waals surface area contributed by atoms with Gasteiger partial charge in [0.05, 0.1) is 0 Å². The van der Waals surface area contributed by atoms with Crippen LogP contribution in [0.3, 0.4) is 0 Å². The van der Waals surface area contributed by atoms with E-state index in [0.29, 0.717) is 0 Å². The molecular formula is C18H30N2O2. The highest BCUT2D eigenvalue weighted by Gasteiger charge is 2.43. The molecule has 4 nitrogen and oxygen atoms in total. The van der Waals surface area contributed by atoms with Gasteiger partial charge in [0.1, 0.15) is 0 Å². The SMILES string of the molecule is CCCCCCCOC1(c2ccccc2)NCCNC1OC. The number of hydrogen-bond acceptors (Lipinski definition) is 4. The summed E-state index contributed by atoms with van der Waals surface area (Å²) in [5.41, 5.74) is 0.515. The number of hydrogen-bond donors (Lipinski definition) is 2. The maximum absolute atomic E-state index is 6.34. The Bertz CT molecular complexity index is 413. The van der Waals surface area contributed by atoms with Gasteiger partial charge in [0.2, 0.25) is 0 Å². The molecule has 0 spiro atoms. The van der Waals surface area contributed by atoms with E-state index < -0.39 is 5.72 Å². The Morgan fingerprint density at radius 1 is 1.09 bits per heavy atom. The zero-order valence-corrected chi connectivity index (χ0v) is 13.9. The molecule has 4 heteroatoms. The van der Waals surface area contributed by atoms with Gasteiger partial charge in [-0.05, 0) is 6.42 Å². The van der Waals surface area contributed by atoms with Gasteiger partial charge in [-0.25, -0.2) is 0 Å². The lowest BCUT2D eigenvalue weighted by molar-refractivity contribution is -0.185. The molecule has 2 unspecified atom stereocenters. The van der Waals surface area contributed by atoms with Crippen molar-refractivity contribution >= 4 is 0 Å². The summed E-state index contributed by atoms with van der Waals surface area (Å²) < 4.78 is 12.0. The molecule has 1 heterocycles. The van der Waals surface area contributed by atoms with Crippen LogP contribution in [0.4, 0.5) is 0 Å². The van der Waals surface area contributed by atoms with Crippen LogP contribution >= 0.6 is 0 Å². The minimum Gasteiger partial charge on any atom is -0.362 e. The van der Waals surface area contributed by atoms with Crippen LogP contribution in [-0.2, 0) is 15.2 Å². The van der Waals surface area contributed by atoms with Gasteiger partial charge in [-0.15, -0.1) is 0 Å². The van der Waals surface area contributed by atoms with Crippen molar-refractivity contribution in [1.29, 1.82) is 0 Å². The number of piperazine rings is 1. The zero-order valence-electron chi connectivity index (χ0n) is 13.9. The van der Waals surface area contributed by atoms with Crippen molar-refractivity contribution in [3.05, 3.63) is 35.9 Å². The number of methoxy groups -OCH3 is 1. The monoisotopic (exact) mass is 306 g/mol. The van der Waals surface area contributed by atoms with Crippen LogP contribution in [0.5, 0.6) is 0 Å². The minimum absolute atomic E-state index is 0.181. The molecule has 2 atom stereocenters. The molecule has 124 valence electrons. The third-order valence-corrected chi connectivity index (χ3v) is 4.23. The second-order valence-electron chi connectivity index (χ2n) is 5.86. The number of benzene rings is 1. The van der Waals surface area contributed by atoms with Crippen molar-refractivity contribution in [1.82, 2.24) is 10.6 Å². The first kappa shape index (κ1) is 17.4. The maximum Gasteiger partial charge on any atom is 0.185 e. The molecule has 1 aliphatic rings. The molecule has 0 saturated carbocycles. The molecule has 1 aliphatic heterocycles. The number of ether oxygens (including phenoxy) is 2. The second-order valence-corrected chi connectivity index (χ2v) is 5.86. The molecule has 22 heavy (non-hydrogen) atoms.